The summed E-state index contributed by atoms with van der Waals surface area (Å²) in [6.45, 7) is 10.2. The van der Waals surface area contributed by atoms with E-state index in [0.717, 1.165) is 5.69 Å². The van der Waals surface area contributed by atoms with E-state index in [0.29, 0.717) is 5.56 Å². The van der Waals surface area contributed by atoms with Crippen molar-refractivity contribution in [2.24, 2.45) is 0 Å². The van der Waals surface area contributed by atoms with Crippen LogP contribution in [0.5, 0.6) is 11.5 Å². The van der Waals surface area contributed by atoms with Gasteiger partial charge in [-0.2, -0.15) is 0 Å². The van der Waals surface area contributed by atoms with Crippen molar-refractivity contribution < 1.29 is 52.5 Å². The number of carbonyl (C=O) groups excluding carboxylic acids is 6. The van der Waals surface area contributed by atoms with Gasteiger partial charge in [-0.25, -0.2) is 19.2 Å². The molecule has 0 saturated carbocycles. The van der Waals surface area contributed by atoms with Crippen LogP contribution in [0.1, 0.15) is 67.8 Å². The molecule has 0 heterocycles. The molecule has 0 aromatic heterocycles. The molecule has 0 unspecified atom stereocenters. The number of Topliss-reactive ketones (excluding diaryl/α,β-unsaturated/α-hetero) is 2. The Morgan fingerprint density at radius 2 is 1.04 bits per heavy atom. The Bertz CT molecular complexity index is 1770. The topological polar surface area (TPSA) is 161 Å². The van der Waals surface area contributed by atoms with Crippen LogP contribution in [0.15, 0.2) is 85.0 Å². The van der Waals surface area contributed by atoms with Gasteiger partial charge in [0.25, 0.3) is 0 Å². The normalized spacial score (nSPS) is 10.3. The Morgan fingerprint density at radius 1 is 0.592 bits per heavy atom. The van der Waals surface area contributed by atoms with Crippen molar-refractivity contribution in [2.75, 3.05) is 38.8 Å². The van der Waals surface area contributed by atoms with Crippen LogP contribution in [0.2, 0.25) is 0 Å². The monoisotopic (exact) mass is 671 g/mol. The first-order valence-corrected chi connectivity index (χ1v) is 15.1. The molecule has 0 aliphatic heterocycles. The number of carbonyl (C=O) groups is 6. The van der Waals surface area contributed by atoms with Gasteiger partial charge in [0.05, 0.1) is 11.1 Å². The lowest BCUT2D eigenvalue weighted by Crippen LogP contribution is -2.17. The second kappa shape index (κ2) is 17.8. The van der Waals surface area contributed by atoms with Gasteiger partial charge in [-0.05, 0) is 74.9 Å². The van der Waals surface area contributed by atoms with Gasteiger partial charge in [-0.3, -0.25) is 9.59 Å². The van der Waals surface area contributed by atoms with Crippen molar-refractivity contribution in [3.05, 3.63) is 113 Å². The number of ether oxygens (including phenoxy) is 5. The van der Waals surface area contributed by atoms with E-state index in [1.807, 2.05) is 12.1 Å². The minimum Gasteiger partial charge on any atom is -0.459 e. The summed E-state index contributed by atoms with van der Waals surface area (Å²) in [5.74, 6) is -3.56. The van der Waals surface area contributed by atoms with Crippen molar-refractivity contribution in [2.45, 2.75) is 27.2 Å². The van der Waals surface area contributed by atoms with E-state index >= 15 is 0 Å². The van der Waals surface area contributed by atoms with Gasteiger partial charge in [0.1, 0.15) is 37.9 Å². The number of hydrogen-bond donors (Lipinski definition) is 1. The molecular weight excluding hydrogens is 634 g/mol. The van der Waals surface area contributed by atoms with Gasteiger partial charge in [-0.1, -0.05) is 25.3 Å². The fourth-order valence-corrected chi connectivity index (χ4v) is 4.21. The largest absolute Gasteiger partial charge is 0.459 e. The Morgan fingerprint density at radius 3 is 1.49 bits per heavy atom. The summed E-state index contributed by atoms with van der Waals surface area (Å²) in [6.07, 6.45) is -0.00885. The van der Waals surface area contributed by atoms with Crippen molar-refractivity contribution in [3.63, 3.8) is 0 Å². The van der Waals surface area contributed by atoms with Crippen LogP contribution in [0.25, 0.3) is 0 Å². The number of esters is 4. The number of rotatable bonds is 17. The third-order valence-electron chi connectivity index (χ3n) is 6.74. The molecule has 49 heavy (non-hydrogen) atoms. The first-order valence-electron chi connectivity index (χ1n) is 15.1. The molecule has 0 radical (unpaired) electrons. The summed E-state index contributed by atoms with van der Waals surface area (Å²) in [7, 11) is 1.78. The SMILES string of the molecule is C=C(C)C(=O)OCCOC(=O)c1cc(Oc2ccc(C(=O)Cc3ccc(NC)cc3)c(C(=O)OCCOC(=O)C(=C)C)c2)ccc1C(C)=O. The highest BCUT2D eigenvalue weighted by atomic mass is 16.6. The van der Waals surface area contributed by atoms with Gasteiger partial charge in [0.15, 0.2) is 11.6 Å². The van der Waals surface area contributed by atoms with E-state index < -0.39 is 29.7 Å². The van der Waals surface area contributed by atoms with E-state index in [1.54, 1.807) is 19.2 Å². The van der Waals surface area contributed by atoms with Crippen LogP contribution in [0.3, 0.4) is 0 Å². The summed E-state index contributed by atoms with van der Waals surface area (Å²) in [4.78, 5) is 75.0. The third kappa shape index (κ3) is 11.0. The number of ketones is 2. The van der Waals surface area contributed by atoms with E-state index in [-0.39, 0.29) is 83.5 Å². The van der Waals surface area contributed by atoms with Gasteiger partial charge < -0.3 is 29.0 Å². The van der Waals surface area contributed by atoms with Crippen molar-refractivity contribution in [1.29, 1.82) is 0 Å². The van der Waals surface area contributed by atoms with Gasteiger partial charge in [0, 0.05) is 41.4 Å². The van der Waals surface area contributed by atoms with Crippen LogP contribution >= 0.6 is 0 Å². The number of anilines is 1. The second-order valence-electron chi connectivity index (χ2n) is 10.7. The molecule has 3 aromatic rings. The molecule has 3 aromatic carbocycles. The molecule has 3 rings (SSSR count). The molecule has 12 heteroatoms. The molecule has 1 N–H and O–H groups in total. The molecule has 0 amide bonds. The Labute approximate surface area is 283 Å². The molecule has 0 aliphatic rings. The number of hydrogen-bond acceptors (Lipinski definition) is 12. The Balaban J connectivity index is 1.86. The van der Waals surface area contributed by atoms with Crippen molar-refractivity contribution >= 4 is 41.1 Å². The Kier molecular flexibility index (Phi) is 13.6. The molecule has 0 atom stereocenters. The lowest BCUT2D eigenvalue weighted by atomic mass is 9.98. The quantitative estimate of drug-likeness (QED) is 0.0614. The van der Waals surface area contributed by atoms with Crippen LogP contribution in [-0.2, 0) is 35.0 Å². The zero-order valence-corrected chi connectivity index (χ0v) is 27.7. The molecule has 0 fully saturated rings. The highest BCUT2D eigenvalue weighted by Crippen LogP contribution is 2.28. The maximum Gasteiger partial charge on any atom is 0.339 e. The molecule has 12 nitrogen and oxygen atoms in total. The maximum absolute atomic E-state index is 13.4. The van der Waals surface area contributed by atoms with E-state index in [4.69, 9.17) is 23.7 Å². The first-order chi connectivity index (χ1) is 23.3. The van der Waals surface area contributed by atoms with Crippen LogP contribution in [-0.4, -0.2) is 68.9 Å². The molecule has 0 bridgehead atoms. The smallest absolute Gasteiger partial charge is 0.339 e. The van der Waals surface area contributed by atoms with Gasteiger partial charge >= 0.3 is 23.9 Å². The molecule has 0 spiro atoms. The van der Waals surface area contributed by atoms with Crippen LogP contribution in [0, 0.1) is 0 Å². The van der Waals surface area contributed by atoms with Gasteiger partial charge in [-0.15, -0.1) is 0 Å². The molecule has 0 saturated heterocycles. The first kappa shape index (κ1) is 37.4. The summed E-state index contributed by atoms with van der Waals surface area (Å²) in [5.41, 5.74) is 1.88. The van der Waals surface area contributed by atoms with Gasteiger partial charge in [0.2, 0.25) is 0 Å². The third-order valence-corrected chi connectivity index (χ3v) is 6.74. The zero-order chi connectivity index (χ0) is 36.1. The number of benzene rings is 3. The minimum absolute atomic E-state index is 0.00885. The van der Waals surface area contributed by atoms with Crippen molar-refractivity contribution in [1.82, 2.24) is 0 Å². The lowest BCUT2D eigenvalue weighted by molar-refractivity contribution is -0.140. The summed E-state index contributed by atoms with van der Waals surface area (Å²) in [6, 6.07) is 15.5. The number of nitrogens with one attached hydrogen (secondary N) is 1. The van der Waals surface area contributed by atoms with Crippen LogP contribution < -0.4 is 10.1 Å². The molecular formula is C37H37NO11. The average Bonchev–Trinajstić information content (AvgIpc) is 3.08. The fourth-order valence-electron chi connectivity index (χ4n) is 4.21. The predicted molar refractivity (Wildman–Crippen MR) is 179 cm³/mol. The summed E-state index contributed by atoms with van der Waals surface area (Å²) >= 11 is 0. The highest BCUT2D eigenvalue weighted by Gasteiger charge is 2.22. The minimum atomic E-state index is -0.866. The van der Waals surface area contributed by atoms with Crippen LogP contribution in [0.4, 0.5) is 5.69 Å². The fraction of sp³-hybridized carbons (Fsp3) is 0.243. The predicted octanol–water partition coefficient (Wildman–Crippen LogP) is 5.70. The summed E-state index contributed by atoms with van der Waals surface area (Å²) < 4.78 is 26.3. The summed E-state index contributed by atoms with van der Waals surface area (Å²) in [5, 5.41) is 3.01. The maximum atomic E-state index is 13.4. The van der Waals surface area contributed by atoms with Crippen molar-refractivity contribution in [3.8, 4) is 11.5 Å². The zero-order valence-electron chi connectivity index (χ0n) is 27.7. The molecule has 0 aliphatic carbocycles. The van der Waals surface area contributed by atoms with E-state index in [9.17, 15) is 28.8 Å². The standard InChI is InChI=1S/C37H37NO11/c1-22(2)34(41)45-15-17-47-36(43)31-20-27(11-13-29(31)24(5)39)49-28-12-14-30(33(40)19-25-7-9-26(38-6)10-8-25)32(21-28)37(44)48-18-16-46-35(42)23(3)4/h7-14,20-21,38H,1,3,15-19H2,2,4-6H3. The Hall–Kier alpha value is -6.04. The van der Waals surface area contributed by atoms with E-state index in [1.165, 1.54) is 57.2 Å². The lowest BCUT2D eigenvalue weighted by Gasteiger charge is -2.14. The van der Waals surface area contributed by atoms with E-state index in [2.05, 4.69) is 18.5 Å². The highest BCUT2D eigenvalue weighted by molar-refractivity contribution is 6.07. The second-order valence-corrected chi connectivity index (χ2v) is 10.7. The molecule has 256 valence electrons. The average molecular weight is 672 g/mol.